The normalized spacial score (nSPS) is 16.7. The molecule has 0 aromatic rings. The molecule has 3 heteroatoms. The molecule has 1 aliphatic rings. The molecule has 0 heterocycles. The summed E-state index contributed by atoms with van der Waals surface area (Å²) in [5.74, 6) is 0. The summed E-state index contributed by atoms with van der Waals surface area (Å²) in [6.07, 6.45) is 6.40. The van der Waals surface area contributed by atoms with Crippen molar-refractivity contribution in [2.24, 2.45) is 0 Å². The molecule has 0 radical (unpaired) electrons. The van der Waals surface area contributed by atoms with Gasteiger partial charge in [0.25, 0.3) is 0 Å². The van der Waals surface area contributed by atoms with E-state index >= 15 is 0 Å². The van der Waals surface area contributed by atoms with E-state index in [1.54, 1.807) is 0 Å². The van der Waals surface area contributed by atoms with E-state index in [0.29, 0.717) is 0 Å². The van der Waals surface area contributed by atoms with Crippen molar-refractivity contribution in [2.45, 2.75) is 19.8 Å². The Hall–Kier alpha value is 0.943. The molecule has 0 N–H and O–H groups in total. The van der Waals surface area contributed by atoms with Crippen LogP contribution in [0.4, 0.5) is 0 Å². The van der Waals surface area contributed by atoms with Gasteiger partial charge in [-0.2, -0.15) is 0 Å². The van der Waals surface area contributed by atoms with Crippen LogP contribution in [-0.2, 0) is 19.4 Å². The molecule has 55 valence electrons. The van der Waals surface area contributed by atoms with Crippen LogP contribution < -0.4 is 0 Å². The van der Waals surface area contributed by atoms with Gasteiger partial charge in [0, 0.05) is 0 Å². The molecule has 0 amide bonds. The Morgan fingerprint density at radius 1 is 1.60 bits per heavy atom. The molecule has 0 aliphatic heterocycles. The van der Waals surface area contributed by atoms with Crippen LogP contribution in [0.25, 0.3) is 0 Å². The van der Waals surface area contributed by atoms with Gasteiger partial charge in [-0.25, -0.2) is 0 Å². The van der Waals surface area contributed by atoms with Crippen molar-refractivity contribution < 1.29 is 19.4 Å². The second kappa shape index (κ2) is 4.09. The Labute approximate surface area is 76.7 Å². The minimum atomic E-state index is -2.05. The van der Waals surface area contributed by atoms with Gasteiger partial charge in [0.1, 0.15) is 0 Å². The van der Waals surface area contributed by atoms with Crippen molar-refractivity contribution in [3.63, 3.8) is 0 Å². The number of hydrogen-bond donors (Lipinski definition) is 0. The van der Waals surface area contributed by atoms with Gasteiger partial charge in [0.15, 0.2) is 0 Å². The summed E-state index contributed by atoms with van der Waals surface area (Å²) in [6.45, 7) is 2.14. The molecular formula is C7H9Cl2Zr. The Morgan fingerprint density at radius 3 is 2.70 bits per heavy atom. The van der Waals surface area contributed by atoms with E-state index in [1.807, 2.05) is 0 Å². The number of rotatable bonds is 2. The van der Waals surface area contributed by atoms with Crippen LogP contribution in [0.15, 0.2) is 21.0 Å². The van der Waals surface area contributed by atoms with Crippen LogP contribution in [0.1, 0.15) is 19.8 Å². The zero-order valence-corrected chi connectivity index (χ0v) is 9.79. The molecule has 0 saturated heterocycles. The van der Waals surface area contributed by atoms with Gasteiger partial charge in [0.05, 0.1) is 0 Å². The van der Waals surface area contributed by atoms with Crippen LogP contribution in [-0.4, -0.2) is 0 Å². The molecule has 0 bridgehead atoms. The quantitative estimate of drug-likeness (QED) is 0.708. The van der Waals surface area contributed by atoms with Crippen LogP contribution in [0.2, 0.25) is 0 Å². The minimum absolute atomic E-state index is 1.02. The first-order valence-electron chi connectivity index (χ1n) is 3.32. The number of hydrogen-bond acceptors (Lipinski definition) is 0. The first-order valence-corrected chi connectivity index (χ1v) is 10.9. The molecule has 1 aliphatic carbocycles. The second-order valence-electron chi connectivity index (χ2n) is 2.22. The molecule has 0 unspecified atom stereocenters. The Balaban J connectivity index is 2.75. The number of halogens is 2. The van der Waals surface area contributed by atoms with E-state index in [4.69, 9.17) is 17.0 Å². The zero-order chi connectivity index (χ0) is 7.56. The fraction of sp³-hybridized carbons (Fsp3) is 0.429. The van der Waals surface area contributed by atoms with Crippen molar-refractivity contribution in [3.8, 4) is 0 Å². The fourth-order valence-corrected chi connectivity index (χ4v) is 5.33. The van der Waals surface area contributed by atoms with Gasteiger partial charge in [-0.15, -0.1) is 0 Å². The van der Waals surface area contributed by atoms with Gasteiger partial charge >= 0.3 is 77.2 Å². The van der Waals surface area contributed by atoms with Gasteiger partial charge in [0.2, 0.25) is 0 Å². The van der Waals surface area contributed by atoms with Gasteiger partial charge in [-0.3, -0.25) is 0 Å². The molecule has 0 atom stereocenters. The van der Waals surface area contributed by atoms with E-state index in [9.17, 15) is 0 Å². The fourth-order valence-electron chi connectivity index (χ4n) is 1.08. The predicted octanol–water partition coefficient (Wildman–Crippen LogP) is 3.54. The maximum atomic E-state index is 5.92. The summed E-state index contributed by atoms with van der Waals surface area (Å²) >= 11 is -2.05. The van der Waals surface area contributed by atoms with Crippen molar-refractivity contribution in [3.05, 3.63) is 21.0 Å². The predicted molar refractivity (Wildman–Crippen MR) is 42.8 cm³/mol. The SMILES string of the molecule is CCC1=[C]([Zr]([Cl])[Cl])CC=C1. The Kier molecular flexibility index (Phi) is 3.70. The first kappa shape index (κ1) is 9.03. The van der Waals surface area contributed by atoms with E-state index in [-0.39, 0.29) is 0 Å². The third-order valence-corrected chi connectivity index (χ3v) is 6.75. The maximum absolute atomic E-state index is 5.92. The summed E-state index contributed by atoms with van der Waals surface area (Å²) in [4.78, 5) is 0. The zero-order valence-electron chi connectivity index (χ0n) is 5.82. The van der Waals surface area contributed by atoms with Crippen LogP contribution in [0.5, 0.6) is 0 Å². The summed E-state index contributed by atoms with van der Waals surface area (Å²) in [6, 6.07) is 0. The average molecular weight is 255 g/mol. The van der Waals surface area contributed by atoms with Gasteiger partial charge < -0.3 is 0 Å². The molecular weight excluding hydrogens is 246 g/mol. The molecule has 10 heavy (non-hydrogen) atoms. The van der Waals surface area contributed by atoms with Gasteiger partial charge in [-0.05, 0) is 0 Å². The van der Waals surface area contributed by atoms with Crippen LogP contribution >= 0.6 is 17.0 Å². The van der Waals surface area contributed by atoms with E-state index in [0.717, 1.165) is 12.8 Å². The summed E-state index contributed by atoms with van der Waals surface area (Å²) in [7, 11) is 11.8. The molecule has 0 aromatic heterocycles. The second-order valence-corrected chi connectivity index (χ2v) is 10.6. The molecule has 0 saturated carbocycles. The molecule has 1 rings (SSSR count). The molecule has 0 spiro atoms. The van der Waals surface area contributed by atoms with Crippen molar-refractivity contribution in [1.82, 2.24) is 0 Å². The Bertz CT molecular complexity index is 182. The van der Waals surface area contributed by atoms with Crippen molar-refractivity contribution in [2.75, 3.05) is 0 Å². The summed E-state index contributed by atoms with van der Waals surface area (Å²) < 4.78 is 1.37. The van der Waals surface area contributed by atoms with E-state index < -0.39 is 19.4 Å². The third kappa shape index (κ3) is 1.97. The van der Waals surface area contributed by atoms with Crippen molar-refractivity contribution >= 4 is 17.0 Å². The molecule has 0 nitrogen and oxygen atoms in total. The molecule has 0 fully saturated rings. The first-order chi connectivity index (χ1) is 4.75. The summed E-state index contributed by atoms with van der Waals surface area (Å²) in [5.41, 5.74) is 1.39. The topological polar surface area (TPSA) is 0 Å². The van der Waals surface area contributed by atoms with Crippen molar-refractivity contribution in [1.29, 1.82) is 0 Å². The van der Waals surface area contributed by atoms with Crippen LogP contribution in [0, 0.1) is 0 Å². The van der Waals surface area contributed by atoms with Gasteiger partial charge in [-0.1, -0.05) is 0 Å². The van der Waals surface area contributed by atoms with Crippen LogP contribution in [0.3, 0.4) is 0 Å². The molecule has 0 aromatic carbocycles. The number of allylic oxidation sites excluding steroid dienone is 4. The Morgan fingerprint density at radius 2 is 2.30 bits per heavy atom. The standard InChI is InChI=1S/C7H9.2ClH.Zr/c1-2-7-5-3-4-6-7;;;/h3,5H,2,4H2,1H3;2*1H;/q;;;+2/p-2. The average Bonchev–Trinajstić information content (AvgIpc) is 2.33. The summed E-state index contributed by atoms with van der Waals surface area (Å²) in [5, 5.41) is 0. The third-order valence-electron chi connectivity index (χ3n) is 1.64. The van der Waals surface area contributed by atoms with E-state index in [1.165, 1.54) is 8.85 Å². The van der Waals surface area contributed by atoms with E-state index in [2.05, 4.69) is 19.1 Å². The monoisotopic (exact) mass is 253 g/mol.